The Kier molecular flexibility index (Phi) is 5.65. The molecule has 7 heteroatoms. The molecule has 0 radical (unpaired) electrons. The summed E-state index contributed by atoms with van der Waals surface area (Å²) in [6.07, 6.45) is 1.69. The van der Waals surface area contributed by atoms with Crippen LogP contribution in [0.15, 0.2) is 35.4 Å². The number of hydrazone groups is 1. The zero-order chi connectivity index (χ0) is 18.5. The van der Waals surface area contributed by atoms with Crippen LogP contribution in [0.5, 0.6) is 0 Å². The molecule has 0 spiro atoms. The van der Waals surface area contributed by atoms with E-state index in [9.17, 15) is 14.4 Å². The second-order valence-corrected chi connectivity index (χ2v) is 6.66. The average Bonchev–Trinajstić information content (AvgIpc) is 2.82. The van der Waals surface area contributed by atoms with Gasteiger partial charge in [0.15, 0.2) is 0 Å². The van der Waals surface area contributed by atoms with Crippen molar-refractivity contribution in [3.63, 3.8) is 0 Å². The van der Waals surface area contributed by atoms with Crippen molar-refractivity contribution in [1.82, 2.24) is 15.2 Å². The zero-order valence-corrected chi connectivity index (χ0v) is 15.0. The Morgan fingerprint density at radius 2 is 1.96 bits per heavy atom. The average molecular weight is 356 g/mol. The Labute approximate surface area is 153 Å². The highest BCUT2D eigenvalue weighted by molar-refractivity contribution is 6.39. The summed E-state index contributed by atoms with van der Waals surface area (Å²) in [7, 11) is 0. The second-order valence-electron chi connectivity index (χ2n) is 6.66. The summed E-state index contributed by atoms with van der Waals surface area (Å²) in [6.45, 7) is 3.45. The first-order valence-corrected chi connectivity index (χ1v) is 9.06. The van der Waals surface area contributed by atoms with Gasteiger partial charge >= 0.3 is 0 Å². The number of rotatable bonds is 4. The molecule has 1 saturated heterocycles. The molecule has 138 valence electrons. The fourth-order valence-corrected chi connectivity index (χ4v) is 3.36. The van der Waals surface area contributed by atoms with Gasteiger partial charge in [-0.1, -0.05) is 37.3 Å². The van der Waals surface area contributed by atoms with Gasteiger partial charge in [0, 0.05) is 44.9 Å². The van der Waals surface area contributed by atoms with Gasteiger partial charge < -0.3 is 9.80 Å². The minimum atomic E-state index is -0.183. The Morgan fingerprint density at radius 1 is 1.19 bits per heavy atom. The van der Waals surface area contributed by atoms with Crippen LogP contribution >= 0.6 is 0 Å². The predicted octanol–water partition coefficient (Wildman–Crippen LogP) is 1.29. The van der Waals surface area contributed by atoms with E-state index in [1.807, 2.05) is 42.2 Å². The lowest BCUT2D eigenvalue weighted by atomic mass is 10.1. The molecule has 1 fully saturated rings. The van der Waals surface area contributed by atoms with E-state index in [2.05, 4.69) is 10.5 Å². The molecule has 0 aromatic heterocycles. The molecule has 1 aromatic rings. The lowest BCUT2D eigenvalue weighted by molar-refractivity contribution is -0.133. The van der Waals surface area contributed by atoms with Gasteiger partial charge in [-0.2, -0.15) is 5.10 Å². The third-order valence-electron chi connectivity index (χ3n) is 4.89. The van der Waals surface area contributed by atoms with E-state index < -0.39 is 0 Å². The van der Waals surface area contributed by atoms with E-state index >= 15 is 0 Å². The molecular formula is C19H24N4O3. The first-order chi connectivity index (χ1) is 12.6. The molecule has 0 bridgehead atoms. The minimum absolute atomic E-state index is 0.0343. The topological polar surface area (TPSA) is 82.1 Å². The van der Waals surface area contributed by atoms with Gasteiger partial charge in [-0.15, -0.1) is 0 Å². The number of hydrogen-bond acceptors (Lipinski definition) is 4. The molecule has 26 heavy (non-hydrogen) atoms. The van der Waals surface area contributed by atoms with Crippen molar-refractivity contribution in [3.05, 3.63) is 35.9 Å². The van der Waals surface area contributed by atoms with E-state index in [1.54, 1.807) is 4.90 Å². The van der Waals surface area contributed by atoms with Crippen LogP contribution in [0.25, 0.3) is 0 Å². The first-order valence-electron chi connectivity index (χ1n) is 9.06. The summed E-state index contributed by atoms with van der Waals surface area (Å²) >= 11 is 0. The summed E-state index contributed by atoms with van der Waals surface area (Å²) in [4.78, 5) is 40.2. The number of carbonyl (C=O) groups is 3. The number of amides is 3. The van der Waals surface area contributed by atoms with Crippen molar-refractivity contribution in [3.8, 4) is 0 Å². The van der Waals surface area contributed by atoms with E-state index in [-0.39, 0.29) is 30.2 Å². The van der Waals surface area contributed by atoms with Gasteiger partial charge in [0.25, 0.3) is 5.91 Å². The molecular weight excluding hydrogens is 332 g/mol. The maximum Gasteiger partial charge on any atom is 0.270 e. The molecule has 2 aliphatic heterocycles. The van der Waals surface area contributed by atoms with Crippen LogP contribution in [0, 0.1) is 0 Å². The van der Waals surface area contributed by atoms with Gasteiger partial charge in [0.05, 0.1) is 0 Å². The van der Waals surface area contributed by atoms with Crippen LogP contribution in [0.1, 0.15) is 38.2 Å². The van der Waals surface area contributed by atoms with Gasteiger partial charge in [0.1, 0.15) is 5.71 Å². The Balaban J connectivity index is 1.73. The standard InChI is InChI=1S/C19H24N4O3/c1-2-15-13-22(19(26)16-8-9-17(24)21-20-16)11-10-18(25)23(15)12-14-6-4-3-5-7-14/h3-7,15H,2,8-13H2,1H3,(H,21,24). The van der Waals surface area contributed by atoms with Crippen molar-refractivity contribution in [2.45, 2.75) is 45.2 Å². The normalized spacial score (nSPS) is 21.1. The molecule has 0 saturated carbocycles. The van der Waals surface area contributed by atoms with Gasteiger partial charge in [-0.3, -0.25) is 14.4 Å². The van der Waals surface area contributed by atoms with Crippen molar-refractivity contribution in [2.75, 3.05) is 13.1 Å². The monoisotopic (exact) mass is 356 g/mol. The fraction of sp³-hybridized carbons (Fsp3) is 0.474. The molecule has 7 nitrogen and oxygen atoms in total. The molecule has 3 rings (SSSR count). The van der Waals surface area contributed by atoms with Crippen LogP contribution in [0.4, 0.5) is 0 Å². The smallest absolute Gasteiger partial charge is 0.270 e. The van der Waals surface area contributed by atoms with E-state index in [0.717, 1.165) is 12.0 Å². The van der Waals surface area contributed by atoms with Crippen molar-refractivity contribution < 1.29 is 14.4 Å². The SMILES string of the molecule is CCC1CN(C(=O)C2=NNC(=O)CC2)CCC(=O)N1Cc1ccccc1. The number of hydrogen-bond donors (Lipinski definition) is 1. The molecule has 2 aliphatic rings. The summed E-state index contributed by atoms with van der Waals surface area (Å²) in [5, 5.41) is 3.90. The number of benzene rings is 1. The zero-order valence-electron chi connectivity index (χ0n) is 15.0. The summed E-state index contributed by atoms with van der Waals surface area (Å²) in [5.41, 5.74) is 3.81. The van der Waals surface area contributed by atoms with Crippen LogP contribution < -0.4 is 5.43 Å². The largest absolute Gasteiger partial charge is 0.335 e. The van der Waals surface area contributed by atoms with Crippen LogP contribution in [0.3, 0.4) is 0 Å². The highest BCUT2D eigenvalue weighted by Crippen LogP contribution is 2.18. The minimum Gasteiger partial charge on any atom is -0.335 e. The van der Waals surface area contributed by atoms with Gasteiger partial charge in [-0.25, -0.2) is 5.43 Å². The van der Waals surface area contributed by atoms with E-state index in [4.69, 9.17) is 0 Å². The summed E-state index contributed by atoms with van der Waals surface area (Å²) < 4.78 is 0. The van der Waals surface area contributed by atoms with Crippen LogP contribution in [-0.4, -0.2) is 52.4 Å². The molecule has 1 aromatic carbocycles. The summed E-state index contributed by atoms with van der Waals surface area (Å²) in [6, 6.07) is 9.86. The molecule has 3 amide bonds. The molecule has 1 unspecified atom stereocenters. The lowest BCUT2D eigenvalue weighted by Crippen LogP contribution is -2.46. The van der Waals surface area contributed by atoms with Crippen LogP contribution in [0.2, 0.25) is 0 Å². The lowest BCUT2D eigenvalue weighted by Gasteiger charge is -2.31. The highest BCUT2D eigenvalue weighted by atomic mass is 16.2. The Morgan fingerprint density at radius 3 is 2.62 bits per heavy atom. The third-order valence-corrected chi connectivity index (χ3v) is 4.89. The van der Waals surface area contributed by atoms with Crippen LogP contribution in [-0.2, 0) is 20.9 Å². The predicted molar refractivity (Wildman–Crippen MR) is 97.1 cm³/mol. The number of nitrogens with one attached hydrogen (secondary N) is 1. The highest BCUT2D eigenvalue weighted by Gasteiger charge is 2.32. The quantitative estimate of drug-likeness (QED) is 0.883. The van der Waals surface area contributed by atoms with Crippen molar-refractivity contribution in [2.24, 2.45) is 5.10 Å². The van der Waals surface area contributed by atoms with E-state index in [0.29, 0.717) is 38.2 Å². The molecule has 1 atom stereocenters. The fourth-order valence-electron chi connectivity index (χ4n) is 3.36. The number of carbonyl (C=O) groups excluding carboxylic acids is 3. The van der Waals surface area contributed by atoms with Crippen molar-refractivity contribution in [1.29, 1.82) is 0 Å². The maximum absolute atomic E-state index is 12.8. The summed E-state index contributed by atoms with van der Waals surface area (Å²) in [5.74, 6) is -0.291. The number of nitrogens with zero attached hydrogens (tertiary/aromatic N) is 3. The van der Waals surface area contributed by atoms with Crippen molar-refractivity contribution >= 4 is 23.4 Å². The Hall–Kier alpha value is -2.70. The molecule has 0 aliphatic carbocycles. The van der Waals surface area contributed by atoms with E-state index in [1.165, 1.54) is 0 Å². The van der Waals surface area contributed by atoms with Gasteiger partial charge in [-0.05, 0) is 12.0 Å². The maximum atomic E-state index is 12.8. The molecule has 1 N–H and O–H groups in total. The second kappa shape index (κ2) is 8.12. The third kappa shape index (κ3) is 4.09. The Bertz CT molecular complexity index is 717. The first kappa shape index (κ1) is 18.1. The molecule has 2 heterocycles. The van der Waals surface area contributed by atoms with Gasteiger partial charge in [0.2, 0.25) is 11.8 Å².